The molecule has 0 aliphatic rings. The minimum absolute atomic E-state index is 0.0177. The molecule has 23 heavy (non-hydrogen) atoms. The molecular formula is C15H12ClN5O2. The first-order valence-electron chi connectivity index (χ1n) is 6.73. The quantitative estimate of drug-likeness (QED) is 0.564. The first kappa shape index (κ1) is 15.1. The molecule has 0 amide bonds. The SMILES string of the molecule is N[C@H](c1ccc(Cl)cc1)c1nc(-c2cccc([N+](=O)[O-])c2)n[nH]1. The van der Waals surface area contributed by atoms with Gasteiger partial charge in [0.2, 0.25) is 0 Å². The van der Waals surface area contributed by atoms with E-state index in [9.17, 15) is 10.1 Å². The lowest BCUT2D eigenvalue weighted by Crippen LogP contribution is -2.13. The number of aromatic amines is 1. The van der Waals surface area contributed by atoms with Gasteiger partial charge >= 0.3 is 0 Å². The minimum Gasteiger partial charge on any atom is -0.318 e. The Balaban J connectivity index is 1.89. The topological polar surface area (TPSA) is 111 Å². The Bertz CT molecular complexity index is 847. The molecule has 7 nitrogen and oxygen atoms in total. The number of nitro groups is 1. The predicted octanol–water partition coefficient (Wildman–Crippen LogP) is 3.08. The number of nitrogens with zero attached hydrogens (tertiary/aromatic N) is 3. The highest BCUT2D eigenvalue weighted by Gasteiger charge is 2.16. The molecule has 2 aromatic carbocycles. The summed E-state index contributed by atoms with van der Waals surface area (Å²) < 4.78 is 0. The molecule has 0 aliphatic carbocycles. The molecule has 0 fully saturated rings. The van der Waals surface area contributed by atoms with Gasteiger partial charge in [-0.1, -0.05) is 35.9 Å². The third-order valence-corrected chi connectivity index (χ3v) is 3.59. The Morgan fingerprint density at radius 1 is 1.22 bits per heavy atom. The van der Waals surface area contributed by atoms with Gasteiger partial charge in [0.25, 0.3) is 5.69 Å². The molecular weight excluding hydrogens is 318 g/mol. The Morgan fingerprint density at radius 2 is 1.96 bits per heavy atom. The Hall–Kier alpha value is -2.77. The summed E-state index contributed by atoms with van der Waals surface area (Å²) in [7, 11) is 0. The average molecular weight is 330 g/mol. The number of nitrogens with one attached hydrogen (secondary N) is 1. The Labute approximate surface area is 136 Å². The van der Waals surface area contributed by atoms with Gasteiger partial charge in [0.05, 0.1) is 11.0 Å². The largest absolute Gasteiger partial charge is 0.318 e. The van der Waals surface area contributed by atoms with Gasteiger partial charge < -0.3 is 5.73 Å². The fraction of sp³-hybridized carbons (Fsp3) is 0.0667. The van der Waals surface area contributed by atoms with Crippen LogP contribution in [0.4, 0.5) is 5.69 Å². The fourth-order valence-corrected chi connectivity index (χ4v) is 2.26. The number of rotatable bonds is 4. The maximum absolute atomic E-state index is 10.8. The van der Waals surface area contributed by atoms with Crippen molar-refractivity contribution in [1.29, 1.82) is 0 Å². The zero-order valence-corrected chi connectivity index (χ0v) is 12.6. The molecule has 0 bridgehead atoms. The highest BCUT2D eigenvalue weighted by molar-refractivity contribution is 6.30. The Morgan fingerprint density at radius 3 is 2.65 bits per heavy atom. The summed E-state index contributed by atoms with van der Waals surface area (Å²) in [6.07, 6.45) is 0. The van der Waals surface area contributed by atoms with Crippen LogP contribution in [0, 0.1) is 10.1 Å². The van der Waals surface area contributed by atoms with E-state index < -0.39 is 11.0 Å². The molecule has 1 aromatic heterocycles. The number of nitrogens with two attached hydrogens (primary N) is 1. The molecule has 116 valence electrons. The molecule has 0 saturated carbocycles. The van der Waals surface area contributed by atoms with Crippen LogP contribution in [0.15, 0.2) is 48.5 Å². The van der Waals surface area contributed by atoms with Crippen LogP contribution in [0.3, 0.4) is 0 Å². The van der Waals surface area contributed by atoms with E-state index in [4.69, 9.17) is 17.3 Å². The number of hydrogen-bond donors (Lipinski definition) is 2. The molecule has 8 heteroatoms. The van der Waals surface area contributed by atoms with Crippen LogP contribution in [0.25, 0.3) is 11.4 Å². The number of halogens is 1. The summed E-state index contributed by atoms with van der Waals surface area (Å²) in [5.74, 6) is 0.821. The standard InChI is InChI=1S/C15H12ClN5O2/c16-11-6-4-9(5-7-11)13(17)15-18-14(19-20-15)10-2-1-3-12(8-10)21(22)23/h1-8,13H,17H2,(H,18,19,20)/t13-/m1/s1. The Kier molecular flexibility index (Phi) is 4.05. The second-order valence-corrected chi connectivity index (χ2v) is 5.32. The number of H-pyrrole nitrogens is 1. The van der Waals surface area contributed by atoms with Crippen molar-refractivity contribution < 1.29 is 4.92 Å². The van der Waals surface area contributed by atoms with E-state index >= 15 is 0 Å². The van der Waals surface area contributed by atoms with Crippen LogP contribution in [0.5, 0.6) is 0 Å². The van der Waals surface area contributed by atoms with Gasteiger partial charge in [-0.05, 0) is 17.7 Å². The summed E-state index contributed by atoms with van der Waals surface area (Å²) in [4.78, 5) is 14.7. The molecule has 0 unspecified atom stereocenters. The van der Waals surface area contributed by atoms with Crippen molar-refractivity contribution in [3.05, 3.63) is 75.1 Å². The maximum atomic E-state index is 10.8. The summed E-state index contributed by atoms with van der Waals surface area (Å²) >= 11 is 5.86. The predicted molar refractivity (Wildman–Crippen MR) is 86.0 cm³/mol. The lowest BCUT2D eigenvalue weighted by molar-refractivity contribution is -0.384. The number of benzene rings is 2. The molecule has 1 atom stereocenters. The van der Waals surface area contributed by atoms with Crippen LogP contribution in [-0.2, 0) is 0 Å². The van der Waals surface area contributed by atoms with E-state index in [-0.39, 0.29) is 5.69 Å². The lowest BCUT2D eigenvalue weighted by atomic mass is 10.1. The third-order valence-electron chi connectivity index (χ3n) is 3.34. The average Bonchev–Trinajstić information content (AvgIpc) is 3.05. The molecule has 0 aliphatic heterocycles. The fourth-order valence-electron chi connectivity index (χ4n) is 2.13. The summed E-state index contributed by atoms with van der Waals surface area (Å²) in [5, 5.41) is 18.3. The monoisotopic (exact) mass is 329 g/mol. The molecule has 3 aromatic rings. The molecule has 1 heterocycles. The van der Waals surface area contributed by atoms with Crippen molar-refractivity contribution in [3.8, 4) is 11.4 Å². The highest BCUT2D eigenvalue weighted by Crippen LogP contribution is 2.23. The van der Waals surface area contributed by atoms with Crippen molar-refractivity contribution in [2.75, 3.05) is 0 Å². The number of non-ortho nitro benzene ring substituents is 1. The number of nitro benzene ring substituents is 1. The molecule has 0 saturated heterocycles. The molecule has 0 radical (unpaired) electrons. The van der Waals surface area contributed by atoms with Gasteiger partial charge in [0.1, 0.15) is 5.82 Å². The van der Waals surface area contributed by atoms with Crippen molar-refractivity contribution in [2.24, 2.45) is 5.73 Å². The van der Waals surface area contributed by atoms with Crippen LogP contribution in [-0.4, -0.2) is 20.1 Å². The molecule has 0 spiro atoms. The van der Waals surface area contributed by atoms with Crippen LogP contribution < -0.4 is 5.73 Å². The molecule has 3 rings (SSSR count). The van der Waals surface area contributed by atoms with Crippen molar-refractivity contribution >= 4 is 17.3 Å². The van der Waals surface area contributed by atoms with E-state index in [1.807, 2.05) is 12.1 Å². The van der Waals surface area contributed by atoms with E-state index in [0.29, 0.717) is 22.2 Å². The number of aromatic nitrogens is 3. The first-order chi connectivity index (χ1) is 11.0. The zero-order chi connectivity index (χ0) is 16.4. The second-order valence-electron chi connectivity index (χ2n) is 4.88. The number of hydrogen-bond acceptors (Lipinski definition) is 5. The van der Waals surface area contributed by atoms with Crippen LogP contribution in [0.1, 0.15) is 17.4 Å². The molecule has 3 N–H and O–H groups in total. The normalized spacial score (nSPS) is 12.1. The van der Waals surface area contributed by atoms with Crippen molar-refractivity contribution in [1.82, 2.24) is 15.2 Å². The maximum Gasteiger partial charge on any atom is 0.270 e. The zero-order valence-electron chi connectivity index (χ0n) is 11.8. The smallest absolute Gasteiger partial charge is 0.270 e. The minimum atomic E-state index is -0.493. The summed E-state index contributed by atoms with van der Waals surface area (Å²) in [5.41, 5.74) is 7.51. The van der Waals surface area contributed by atoms with Gasteiger partial charge in [0.15, 0.2) is 5.82 Å². The van der Waals surface area contributed by atoms with E-state index in [1.54, 1.807) is 24.3 Å². The van der Waals surface area contributed by atoms with Gasteiger partial charge in [-0.25, -0.2) is 4.98 Å². The van der Waals surface area contributed by atoms with Gasteiger partial charge in [0, 0.05) is 22.7 Å². The van der Waals surface area contributed by atoms with Crippen LogP contribution in [0.2, 0.25) is 5.02 Å². The van der Waals surface area contributed by atoms with Gasteiger partial charge in [-0.2, -0.15) is 5.10 Å². The van der Waals surface area contributed by atoms with E-state index in [1.165, 1.54) is 12.1 Å². The van der Waals surface area contributed by atoms with E-state index in [2.05, 4.69) is 15.2 Å². The van der Waals surface area contributed by atoms with Crippen molar-refractivity contribution in [3.63, 3.8) is 0 Å². The highest BCUT2D eigenvalue weighted by atomic mass is 35.5. The summed E-state index contributed by atoms with van der Waals surface area (Å²) in [6.45, 7) is 0. The van der Waals surface area contributed by atoms with Crippen molar-refractivity contribution in [2.45, 2.75) is 6.04 Å². The van der Waals surface area contributed by atoms with Gasteiger partial charge in [-0.15, -0.1) is 0 Å². The van der Waals surface area contributed by atoms with E-state index in [0.717, 1.165) is 5.56 Å². The second kappa shape index (κ2) is 6.15. The summed E-state index contributed by atoms with van der Waals surface area (Å²) in [6, 6.07) is 12.7. The third kappa shape index (κ3) is 3.20. The first-order valence-corrected chi connectivity index (χ1v) is 7.10. The lowest BCUT2D eigenvalue weighted by Gasteiger charge is -2.08. The van der Waals surface area contributed by atoms with Crippen LogP contribution >= 0.6 is 11.6 Å². The van der Waals surface area contributed by atoms with Gasteiger partial charge in [-0.3, -0.25) is 15.2 Å².